The molecule has 0 atom stereocenters. The van der Waals surface area contributed by atoms with E-state index in [0.29, 0.717) is 17.8 Å². The molecular weight excluding hydrogens is 292 g/mol. The largest absolute Gasteiger partial charge is 0.252 e. The lowest BCUT2D eigenvalue weighted by Gasteiger charge is -2.15. The molecule has 6 heteroatoms. The molecule has 1 aromatic heterocycles. The third-order valence-corrected chi connectivity index (χ3v) is 6.23. The number of thiophene rings is 1. The van der Waals surface area contributed by atoms with E-state index in [2.05, 4.69) is 0 Å². The number of hydrogen-bond acceptors (Lipinski definition) is 4. The Kier molecular flexibility index (Phi) is 4.55. The zero-order valence-corrected chi connectivity index (χ0v) is 12.6. The van der Waals surface area contributed by atoms with Crippen LogP contribution in [0, 0.1) is 11.3 Å². The number of rotatable bonds is 5. The highest BCUT2D eigenvalue weighted by Crippen LogP contribution is 2.23. The molecule has 104 valence electrons. The highest BCUT2D eigenvalue weighted by Gasteiger charge is 2.22. The second-order valence-corrected chi connectivity index (χ2v) is 7.65. The lowest BCUT2D eigenvalue weighted by atomic mass is 10.2. The summed E-state index contributed by atoms with van der Waals surface area (Å²) >= 11 is 0.999. The summed E-state index contributed by atoms with van der Waals surface area (Å²) in [4.78, 5) is 0.403. The van der Waals surface area contributed by atoms with Crippen molar-refractivity contribution in [3.05, 3.63) is 52.9 Å². The zero-order valence-electron chi connectivity index (χ0n) is 11.0. The van der Waals surface area contributed by atoms with E-state index in [-0.39, 0.29) is 4.21 Å². The van der Waals surface area contributed by atoms with Crippen molar-refractivity contribution in [2.75, 3.05) is 13.6 Å². The first kappa shape index (κ1) is 14.7. The fraction of sp³-hybridized carbons (Fsp3) is 0.214. The van der Waals surface area contributed by atoms with Crippen LogP contribution in [0.3, 0.4) is 0 Å². The first-order chi connectivity index (χ1) is 9.54. The Morgan fingerprint density at radius 3 is 2.50 bits per heavy atom. The molecule has 20 heavy (non-hydrogen) atoms. The van der Waals surface area contributed by atoms with Crippen molar-refractivity contribution < 1.29 is 8.42 Å². The number of likely N-dealkylation sites (N-methyl/N-ethyl adjacent to an activating group) is 1. The predicted octanol–water partition coefficient (Wildman–Crippen LogP) is 2.48. The molecule has 0 bridgehead atoms. The van der Waals surface area contributed by atoms with Crippen molar-refractivity contribution in [2.24, 2.45) is 0 Å². The van der Waals surface area contributed by atoms with Gasteiger partial charge >= 0.3 is 0 Å². The van der Waals surface area contributed by atoms with E-state index in [4.69, 9.17) is 5.26 Å². The van der Waals surface area contributed by atoms with Gasteiger partial charge in [0.25, 0.3) is 10.0 Å². The normalized spacial score (nSPS) is 11.4. The summed E-state index contributed by atoms with van der Waals surface area (Å²) < 4.78 is 26.2. The van der Waals surface area contributed by atoms with E-state index in [1.807, 2.05) is 36.4 Å². The van der Waals surface area contributed by atoms with Gasteiger partial charge in [0.1, 0.15) is 15.2 Å². The minimum atomic E-state index is -3.50. The van der Waals surface area contributed by atoms with Gasteiger partial charge in [-0.3, -0.25) is 0 Å². The van der Waals surface area contributed by atoms with Crippen molar-refractivity contribution in [3.8, 4) is 6.07 Å². The van der Waals surface area contributed by atoms with Crippen LogP contribution in [0.5, 0.6) is 0 Å². The van der Waals surface area contributed by atoms with Crippen LogP contribution in [0.1, 0.15) is 10.4 Å². The molecule has 0 saturated carbocycles. The zero-order chi connectivity index (χ0) is 14.6. The standard InChI is InChI=1S/C14H14N2O2S2/c1-16(10-9-12-5-3-2-4-6-12)20(17,18)14-8-7-13(11-15)19-14/h2-8H,9-10H2,1H3. The van der Waals surface area contributed by atoms with E-state index in [1.165, 1.54) is 16.4 Å². The van der Waals surface area contributed by atoms with Gasteiger partial charge in [-0.25, -0.2) is 8.42 Å². The summed E-state index contributed by atoms with van der Waals surface area (Å²) in [7, 11) is -1.94. The molecule has 0 saturated heterocycles. The molecule has 0 unspecified atom stereocenters. The molecule has 0 aliphatic rings. The first-order valence-electron chi connectivity index (χ1n) is 6.04. The van der Waals surface area contributed by atoms with Gasteiger partial charge in [0, 0.05) is 13.6 Å². The summed E-state index contributed by atoms with van der Waals surface area (Å²) in [5, 5.41) is 8.76. The van der Waals surface area contributed by atoms with E-state index in [1.54, 1.807) is 7.05 Å². The predicted molar refractivity (Wildman–Crippen MR) is 79.0 cm³/mol. The van der Waals surface area contributed by atoms with Crippen molar-refractivity contribution >= 4 is 21.4 Å². The average molecular weight is 306 g/mol. The molecule has 4 nitrogen and oxygen atoms in total. The smallest absolute Gasteiger partial charge is 0.206 e. The summed E-state index contributed by atoms with van der Waals surface area (Å²) in [5.41, 5.74) is 1.10. The second kappa shape index (κ2) is 6.18. The van der Waals surface area contributed by atoms with Crippen LogP contribution >= 0.6 is 11.3 Å². The Hall–Kier alpha value is -1.68. The highest BCUT2D eigenvalue weighted by atomic mass is 32.2. The first-order valence-corrected chi connectivity index (χ1v) is 8.30. The highest BCUT2D eigenvalue weighted by molar-refractivity contribution is 7.91. The summed E-state index contributed by atoms with van der Waals surface area (Å²) in [6.07, 6.45) is 0.660. The molecule has 0 spiro atoms. The van der Waals surface area contributed by atoms with Gasteiger partial charge in [-0.05, 0) is 24.1 Å². The molecule has 0 radical (unpaired) electrons. The van der Waals surface area contributed by atoms with E-state index >= 15 is 0 Å². The number of sulfonamides is 1. The quantitative estimate of drug-likeness (QED) is 0.852. The Bertz CT molecular complexity index is 715. The maximum absolute atomic E-state index is 12.3. The maximum Gasteiger partial charge on any atom is 0.252 e. The van der Waals surface area contributed by atoms with E-state index < -0.39 is 10.0 Å². The SMILES string of the molecule is CN(CCc1ccccc1)S(=O)(=O)c1ccc(C#N)s1. The second-order valence-electron chi connectivity index (χ2n) is 4.29. The fourth-order valence-corrected chi connectivity index (χ4v) is 4.21. The molecule has 2 rings (SSSR count). The third kappa shape index (κ3) is 3.25. The van der Waals surface area contributed by atoms with Crippen molar-refractivity contribution in [1.82, 2.24) is 4.31 Å². The Balaban J connectivity index is 2.08. The molecule has 0 aliphatic heterocycles. The molecule has 0 aliphatic carbocycles. The van der Waals surface area contributed by atoms with Gasteiger partial charge in [-0.2, -0.15) is 9.57 Å². The Morgan fingerprint density at radius 2 is 1.90 bits per heavy atom. The molecule has 2 aromatic rings. The topological polar surface area (TPSA) is 61.2 Å². The van der Waals surface area contributed by atoms with Crippen LogP contribution in [0.15, 0.2) is 46.7 Å². The van der Waals surface area contributed by atoms with E-state index in [0.717, 1.165) is 16.9 Å². The third-order valence-electron chi connectivity index (χ3n) is 2.91. The maximum atomic E-state index is 12.3. The van der Waals surface area contributed by atoms with E-state index in [9.17, 15) is 8.42 Å². The van der Waals surface area contributed by atoms with Gasteiger partial charge in [0.05, 0.1) is 0 Å². The van der Waals surface area contributed by atoms with Gasteiger partial charge in [-0.15, -0.1) is 11.3 Å². The number of benzene rings is 1. The van der Waals surface area contributed by atoms with Crippen LogP contribution in [0.25, 0.3) is 0 Å². The Morgan fingerprint density at radius 1 is 1.20 bits per heavy atom. The van der Waals surface area contributed by atoms with Crippen molar-refractivity contribution in [2.45, 2.75) is 10.6 Å². The van der Waals surface area contributed by atoms with Gasteiger partial charge in [-0.1, -0.05) is 30.3 Å². The van der Waals surface area contributed by atoms with Crippen LogP contribution < -0.4 is 0 Å². The Labute approximate surface area is 123 Å². The minimum absolute atomic E-state index is 0.213. The number of hydrogen-bond donors (Lipinski definition) is 0. The number of nitriles is 1. The van der Waals surface area contributed by atoms with Crippen LogP contribution in [-0.2, 0) is 16.4 Å². The van der Waals surface area contributed by atoms with Gasteiger partial charge in [0.2, 0.25) is 0 Å². The van der Waals surface area contributed by atoms with Gasteiger partial charge < -0.3 is 0 Å². The minimum Gasteiger partial charge on any atom is -0.206 e. The van der Waals surface area contributed by atoms with Crippen LogP contribution in [0.4, 0.5) is 0 Å². The lowest BCUT2D eigenvalue weighted by molar-refractivity contribution is 0.474. The van der Waals surface area contributed by atoms with Crippen LogP contribution in [0.2, 0.25) is 0 Å². The monoisotopic (exact) mass is 306 g/mol. The summed E-state index contributed by atoms with van der Waals surface area (Å²) in [6.45, 7) is 0.409. The van der Waals surface area contributed by atoms with Crippen molar-refractivity contribution in [1.29, 1.82) is 5.26 Å². The van der Waals surface area contributed by atoms with Crippen LogP contribution in [-0.4, -0.2) is 26.3 Å². The summed E-state index contributed by atoms with van der Waals surface area (Å²) in [6, 6.07) is 14.7. The lowest BCUT2D eigenvalue weighted by Crippen LogP contribution is -2.28. The van der Waals surface area contributed by atoms with Gasteiger partial charge in [0.15, 0.2) is 0 Å². The fourth-order valence-electron chi connectivity index (χ4n) is 1.72. The molecule has 0 fully saturated rings. The molecule has 1 aromatic carbocycles. The average Bonchev–Trinajstić information content (AvgIpc) is 2.95. The molecule has 1 heterocycles. The molecular formula is C14H14N2O2S2. The number of nitrogens with zero attached hydrogens (tertiary/aromatic N) is 2. The summed E-state index contributed by atoms with van der Waals surface area (Å²) in [5.74, 6) is 0. The van der Waals surface area contributed by atoms with Crippen molar-refractivity contribution in [3.63, 3.8) is 0 Å². The molecule has 0 amide bonds. The molecule has 0 N–H and O–H groups in total.